The van der Waals surface area contributed by atoms with Gasteiger partial charge in [0.15, 0.2) is 53.2 Å². The second-order valence-electron chi connectivity index (χ2n) is 11.2. The Kier molecular flexibility index (Phi) is 10.2. The van der Waals surface area contributed by atoms with E-state index in [0.717, 1.165) is 12.7 Å². The lowest BCUT2D eigenvalue weighted by Crippen LogP contribution is -2.36. The number of anilines is 2. The van der Waals surface area contributed by atoms with Gasteiger partial charge in [-0.25, -0.2) is 52.6 Å². The highest BCUT2D eigenvalue weighted by Crippen LogP contribution is 2.60. The van der Waals surface area contributed by atoms with Crippen LogP contribution >= 0.6 is 38.1 Å². The van der Waals surface area contributed by atoms with Crippen LogP contribution in [0.25, 0.3) is 22.3 Å². The average molecular weight is 796 g/mol. The number of thiol groups is 2. The second-order valence-corrected chi connectivity index (χ2v) is 16.9. The summed E-state index contributed by atoms with van der Waals surface area (Å²) < 4.78 is 100. The third-order valence-electron chi connectivity index (χ3n) is 7.95. The lowest BCUT2D eigenvalue weighted by atomic mass is 10.1. The Balaban J connectivity index is 1.11. The predicted octanol–water partition coefficient (Wildman–Crippen LogP) is 2.38. The molecule has 3 aliphatic heterocycles. The summed E-state index contributed by atoms with van der Waals surface area (Å²) in [4.78, 5) is 36.6. The predicted molar refractivity (Wildman–Crippen MR) is 176 cm³/mol. The number of imidazole rings is 2. The Bertz CT molecular complexity index is 2030. The highest BCUT2D eigenvalue weighted by Gasteiger charge is 2.54. The number of likely N-dealkylation sites (N-methyl/N-ethyl adjacent to an activating group) is 1. The summed E-state index contributed by atoms with van der Waals surface area (Å²) in [5, 5.41) is 5.28. The Morgan fingerprint density at radius 2 is 1.43 bits per heavy atom. The van der Waals surface area contributed by atoms with Gasteiger partial charge >= 0.3 is 19.7 Å². The number of nitrogens with zero attached hydrogens (tertiary/aromatic N) is 8. The molecule has 0 bridgehead atoms. The molecular formula is C24H29F2N11O10P2S2. The minimum absolute atomic E-state index is 0.0308. The van der Waals surface area contributed by atoms with Crippen molar-refractivity contribution in [1.82, 2.24) is 44.4 Å². The molecular weight excluding hydrogens is 766 g/mol. The molecule has 1 amide bonds. The summed E-state index contributed by atoms with van der Waals surface area (Å²) in [6.45, 7) is -9.81. The summed E-state index contributed by atoms with van der Waals surface area (Å²) in [5.41, 5.74) is 6.24. The lowest BCUT2D eigenvalue weighted by molar-refractivity contribution is -0.0544. The minimum atomic E-state index is -4.46. The minimum Gasteiger partial charge on any atom is -0.448 e. The summed E-state index contributed by atoms with van der Waals surface area (Å²) >= 11 is 8.03. The number of amides is 1. The van der Waals surface area contributed by atoms with Crippen LogP contribution in [-0.4, -0.2) is 115 Å². The maximum Gasteiger partial charge on any atom is 0.412 e. The highest BCUT2D eigenvalue weighted by atomic mass is 32.7. The van der Waals surface area contributed by atoms with Gasteiger partial charge in [-0.2, -0.15) is 0 Å². The fourth-order valence-corrected chi connectivity index (χ4v) is 8.59. The van der Waals surface area contributed by atoms with Crippen LogP contribution in [0, 0.1) is 0 Å². The molecule has 0 aliphatic carbocycles. The number of fused-ring (bicyclic) bond motifs is 4. The highest BCUT2D eigenvalue weighted by molar-refractivity contribution is 8.44. The molecule has 0 spiro atoms. The molecule has 27 heteroatoms. The number of nitrogens with one attached hydrogen (secondary N) is 2. The van der Waals surface area contributed by atoms with Gasteiger partial charge in [0.05, 0.1) is 25.9 Å². The smallest absolute Gasteiger partial charge is 0.412 e. The number of hydrogen-bond donors (Lipinski definition) is 5. The van der Waals surface area contributed by atoms with E-state index in [1.165, 1.54) is 21.8 Å². The van der Waals surface area contributed by atoms with E-state index in [1.54, 1.807) is 7.05 Å². The summed E-state index contributed by atoms with van der Waals surface area (Å²) in [6, 6.07) is 0. The van der Waals surface area contributed by atoms with E-state index in [0.29, 0.717) is 6.54 Å². The Hall–Kier alpha value is -3.09. The number of nitrogens with two attached hydrogens (primary N) is 1. The molecule has 7 rings (SSSR count). The van der Waals surface area contributed by atoms with Gasteiger partial charge in [0, 0.05) is 6.54 Å². The molecule has 3 fully saturated rings. The van der Waals surface area contributed by atoms with E-state index in [9.17, 15) is 13.9 Å². The second kappa shape index (κ2) is 14.4. The van der Waals surface area contributed by atoms with E-state index in [-0.39, 0.29) is 40.6 Å². The van der Waals surface area contributed by atoms with Crippen molar-refractivity contribution >= 4 is 78.1 Å². The van der Waals surface area contributed by atoms with Crippen LogP contribution in [0.5, 0.6) is 0 Å². The molecule has 51 heavy (non-hydrogen) atoms. The van der Waals surface area contributed by atoms with Crippen molar-refractivity contribution in [2.75, 3.05) is 44.5 Å². The van der Waals surface area contributed by atoms with E-state index in [2.05, 4.69) is 65.0 Å². The fraction of sp³-hybridized carbons (Fsp3) is 0.542. The Morgan fingerprint density at radius 3 is 2.00 bits per heavy atom. The van der Waals surface area contributed by atoms with Gasteiger partial charge in [-0.15, -0.1) is 0 Å². The zero-order valence-electron chi connectivity index (χ0n) is 26.0. The zero-order valence-corrected chi connectivity index (χ0v) is 29.6. The van der Waals surface area contributed by atoms with Gasteiger partial charge < -0.3 is 25.3 Å². The molecule has 7 heterocycles. The average Bonchev–Trinajstić information content (AvgIpc) is 3.85. The number of hydrogen-bond acceptors (Lipinski definition) is 18. The first-order valence-corrected chi connectivity index (χ1v) is 20.3. The van der Waals surface area contributed by atoms with E-state index in [4.69, 9.17) is 38.0 Å². The topological polar surface area (TPSA) is 253 Å². The first kappa shape index (κ1) is 36.3. The van der Waals surface area contributed by atoms with Crippen LogP contribution in [0.4, 0.5) is 25.2 Å². The number of ether oxygens (including phenoxy) is 3. The van der Waals surface area contributed by atoms with Crippen LogP contribution < -0.4 is 16.4 Å². The van der Waals surface area contributed by atoms with Gasteiger partial charge in [-0.05, 0) is 7.05 Å². The van der Waals surface area contributed by atoms with Gasteiger partial charge in [-0.3, -0.25) is 32.5 Å². The van der Waals surface area contributed by atoms with E-state index in [1.807, 2.05) is 0 Å². The van der Waals surface area contributed by atoms with Gasteiger partial charge in [0.1, 0.15) is 49.2 Å². The monoisotopic (exact) mass is 795 g/mol. The van der Waals surface area contributed by atoms with Crippen LogP contribution in [0.3, 0.4) is 0 Å². The number of nitrogen functional groups attached to an aromatic ring is 1. The van der Waals surface area contributed by atoms with Crippen molar-refractivity contribution in [2.24, 2.45) is 0 Å². The number of rotatable bonds is 6. The van der Waals surface area contributed by atoms with Gasteiger partial charge in [-0.1, -0.05) is 24.5 Å². The third-order valence-corrected chi connectivity index (χ3v) is 11.2. The van der Waals surface area contributed by atoms with Crippen molar-refractivity contribution in [3.05, 3.63) is 25.3 Å². The van der Waals surface area contributed by atoms with E-state index < -0.39 is 82.1 Å². The van der Waals surface area contributed by atoms with Crippen LogP contribution in [0.2, 0.25) is 0 Å². The molecule has 1 unspecified atom stereocenters. The molecule has 3 saturated heterocycles. The van der Waals surface area contributed by atoms with E-state index >= 15 is 8.78 Å². The number of halogens is 2. The maximum absolute atomic E-state index is 16.3. The van der Waals surface area contributed by atoms with Crippen molar-refractivity contribution < 1.29 is 55.0 Å². The number of carbonyl (C=O) groups excluding carboxylic acids is 1. The summed E-state index contributed by atoms with van der Waals surface area (Å²) in [6.07, 6.45) is -9.53. The number of aromatic nitrogens is 8. The fourth-order valence-electron chi connectivity index (χ4n) is 5.62. The molecule has 4 N–H and O–H groups in total. The quantitative estimate of drug-likeness (QED) is 0.107. The van der Waals surface area contributed by atoms with Crippen molar-refractivity contribution in [1.29, 1.82) is 0 Å². The summed E-state index contributed by atoms with van der Waals surface area (Å²) in [7, 11) is 1.69. The van der Waals surface area contributed by atoms with Crippen LogP contribution in [0.15, 0.2) is 25.3 Å². The molecule has 276 valence electrons. The molecule has 10 atom stereocenters. The molecule has 0 saturated carbocycles. The first-order valence-electron chi connectivity index (χ1n) is 14.9. The molecule has 3 aliphatic rings. The maximum atomic E-state index is 16.3. The third kappa shape index (κ3) is 7.29. The Morgan fingerprint density at radius 1 is 0.902 bits per heavy atom. The summed E-state index contributed by atoms with van der Waals surface area (Å²) in [5.74, 6) is 0.00358. The molecule has 21 nitrogen and oxygen atoms in total. The zero-order chi connectivity index (χ0) is 36.1. The van der Waals surface area contributed by atoms with Gasteiger partial charge in [0.2, 0.25) is 0 Å². The number of alkyl halides is 2. The SMILES string of the molecule is CNCCOC(=O)Nc1ncnc2c1ncn2[C@@H]1O[C@@H]2CO[P@@](=O)(S)O[C@@H]3C(CO[P@](=O)(S)O[C@H]2[C@H]1F)O[C@@H](n1cnc2c(N)ncnc21)[C@@H]3F. The van der Waals surface area contributed by atoms with Crippen molar-refractivity contribution in [3.8, 4) is 0 Å². The van der Waals surface area contributed by atoms with Crippen molar-refractivity contribution in [2.45, 2.75) is 49.2 Å². The Labute approximate surface area is 296 Å². The van der Waals surface area contributed by atoms with Crippen molar-refractivity contribution in [3.63, 3.8) is 0 Å². The van der Waals surface area contributed by atoms with Crippen LogP contribution in [-0.2, 0) is 41.4 Å². The van der Waals surface area contributed by atoms with Gasteiger partial charge in [0.25, 0.3) is 0 Å². The first-order chi connectivity index (χ1) is 24.4. The molecule has 4 aromatic heterocycles. The number of carbonyl (C=O) groups is 1. The largest absolute Gasteiger partial charge is 0.448 e. The molecule has 4 aromatic rings. The lowest BCUT2D eigenvalue weighted by Gasteiger charge is -2.28. The normalized spacial score (nSPS) is 34.5. The molecule has 0 aromatic carbocycles. The molecule has 0 radical (unpaired) electrons. The standard InChI is InChI=1S/C24H29F2N11O10P2S2/c1-28-2-3-41-24(38)35-19-15-21(32-7-30-19)37(9-34-15)23-13(26)17-11(45-23)5-43-48(39,50)46-16-10(4-42-49(40,51)47-17)44-22(12(16)25)36-8-33-14-18(27)29-6-31-20(14)36/h6-13,16-17,22-23,28H,2-5H2,1H3,(H,39,50)(H,40,51)(H2,27,29,31)(H,30,32,35,38)/t10?,11-,12-,13-,16-,17-,22-,23-,48-,49+/m1/s1. The van der Waals surface area contributed by atoms with Crippen LogP contribution in [0.1, 0.15) is 12.5 Å².